The van der Waals surface area contributed by atoms with Crippen LogP contribution in [0.25, 0.3) is 11.4 Å². The molecular formula is C17H14F3N7O. The van der Waals surface area contributed by atoms with E-state index in [9.17, 15) is 18.0 Å². The molecule has 28 heavy (non-hydrogen) atoms. The maximum atomic E-state index is 13.0. The second-order valence-electron chi connectivity index (χ2n) is 6.25. The van der Waals surface area contributed by atoms with Crippen LogP contribution in [-0.2, 0) is 24.1 Å². The first-order valence-electron chi connectivity index (χ1n) is 8.30. The van der Waals surface area contributed by atoms with E-state index in [1.807, 2.05) is 0 Å². The van der Waals surface area contributed by atoms with E-state index in [0.29, 0.717) is 28.3 Å². The lowest BCUT2D eigenvalue weighted by Crippen LogP contribution is -2.10. The van der Waals surface area contributed by atoms with Crippen LogP contribution in [0.4, 0.5) is 30.4 Å². The van der Waals surface area contributed by atoms with E-state index in [0.717, 1.165) is 6.07 Å². The van der Waals surface area contributed by atoms with Crippen molar-refractivity contribution < 1.29 is 18.0 Å². The molecule has 0 amide bonds. The number of benzene rings is 1. The van der Waals surface area contributed by atoms with Gasteiger partial charge in [0.1, 0.15) is 18.1 Å². The van der Waals surface area contributed by atoms with Crippen molar-refractivity contribution in [2.75, 3.05) is 10.6 Å². The number of halogens is 3. The first-order valence-corrected chi connectivity index (χ1v) is 8.30. The smallest absolute Gasteiger partial charge is 0.379 e. The Morgan fingerprint density at radius 1 is 1.25 bits per heavy atom. The van der Waals surface area contributed by atoms with Gasteiger partial charge in [0.15, 0.2) is 5.78 Å². The molecule has 0 fully saturated rings. The number of nitrogens with zero attached hydrogens (tertiary/aromatic N) is 5. The number of para-hydroxylation sites is 1. The summed E-state index contributed by atoms with van der Waals surface area (Å²) in [7, 11) is 0. The minimum absolute atomic E-state index is 0.00326. The molecule has 3 heterocycles. The van der Waals surface area contributed by atoms with Gasteiger partial charge in [-0.3, -0.25) is 4.79 Å². The molecule has 0 radical (unpaired) electrons. The zero-order valence-corrected chi connectivity index (χ0v) is 14.6. The minimum atomic E-state index is -4.53. The third kappa shape index (κ3) is 3.38. The Hall–Kier alpha value is -3.50. The highest BCUT2D eigenvalue weighted by atomic mass is 19.4. The number of Topliss-reactive ketones (excluding diaryl/α,β-unsaturated/α-hetero) is 1. The molecule has 1 aliphatic rings. The topological polar surface area (TPSA) is 97.6 Å². The number of aromatic nitrogens is 5. The highest BCUT2D eigenvalue weighted by Gasteiger charge is 2.33. The Morgan fingerprint density at radius 3 is 2.82 bits per heavy atom. The van der Waals surface area contributed by atoms with Gasteiger partial charge in [0.2, 0.25) is 5.82 Å². The number of nitrogens with one attached hydrogen (secondary N) is 2. The second kappa shape index (κ2) is 6.59. The molecule has 0 aliphatic carbocycles. The summed E-state index contributed by atoms with van der Waals surface area (Å²) in [4.78, 5) is 16.1. The Morgan fingerprint density at radius 2 is 2.07 bits per heavy atom. The molecule has 0 saturated heterocycles. The summed E-state index contributed by atoms with van der Waals surface area (Å²) in [6, 6.07) is 7.52. The summed E-state index contributed by atoms with van der Waals surface area (Å²) in [6.07, 6.45) is -4.53. The quantitative estimate of drug-likeness (QED) is 0.711. The van der Waals surface area contributed by atoms with Crippen LogP contribution in [0.2, 0.25) is 0 Å². The Balaban J connectivity index is 1.72. The van der Waals surface area contributed by atoms with Crippen molar-refractivity contribution in [3.8, 4) is 11.4 Å². The van der Waals surface area contributed by atoms with Gasteiger partial charge in [-0.2, -0.15) is 18.0 Å². The minimum Gasteiger partial charge on any atom is -0.379 e. The summed E-state index contributed by atoms with van der Waals surface area (Å²) in [5.74, 6) is 0.311. The maximum absolute atomic E-state index is 13.0. The van der Waals surface area contributed by atoms with Crippen molar-refractivity contribution in [3.63, 3.8) is 0 Å². The van der Waals surface area contributed by atoms with E-state index in [1.54, 1.807) is 18.2 Å². The Kier molecular flexibility index (Phi) is 4.21. The van der Waals surface area contributed by atoms with Crippen molar-refractivity contribution in [2.45, 2.75) is 26.2 Å². The zero-order chi connectivity index (χ0) is 19.9. The number of alkyl halides is 3. The average Bonchev–Trinajstić information content (AvgIpc) is 2.98. The molecule has 8 nitrogen and oxygen atoms in total. The van der Waals surface area contributed by atoms with Crippen LogP contribution >= 0.6 is 0 Å². The largest absolute Gasteiger partial charge is 0.433 e. The fourth-order valence-electron chi connectivity index (χ4n) is 2.86. The van der Waals surface area contributed by atoms with Gasteiger partial charge >= 0.3 is 6.18 Å². The summed E-state index contributed by atoms with van der Waals surface area (Å²) < 4.78 is 38.9. The molecule has 4 rings (SSSR count). The van der Waals surface area contributed by atoms with Crippen LogP contribution in [0, 0.1) is 0 Å². The van der Waals surface area contributed by atoms with Gasteiger partial charge < -0.3 is 10.6 Å². The SMILES string of the molecule is CC(=O)Cn1nnc(-c2cccc3c2NCc2ccc(C(F)(F)F)nc2N3)n1. The third-order valence-corrected chi connectivity index (χ3v) is 4.10. The van der Waals surface area contributed by atoms with Crippen LogP contribution in [0.15, 0.2) is 30.3 Å². The first-order chi connectivity index (χ1) is 13.3. The van der Waals surface area contributed by atoms with Gasteiger partial charge in [0.25, 0.3) is 0 Å². The number of anilines is 3. The Bertz CT molecular complexity index is 1060. The van der Waals surface area contributed by atoms with Crippen LogP contribution in [0.1, 0.15) is 18.2 Å². The van der Waals surface area contributed by atoms with E-state index in [1.165, 1.54) is 17.8 Å². The lowest BCUT2D eigenvalue weighted by molar-refractivity contribution is -0.141. The maximum Gasteiger partial charge on any atom is 0.433 e. The molecule has 2 N–H and O–H groups in total. The average molecular weight is 389 g/mol. The van der Waals surface area contributed by atoms with E-state index < -0.39 is 11.9 Å². The molecule has 0 atom stereocenters. The van der Waals surface area contributed by atoms with E-state index in [4.69, 9.17) is 0 Å². The lowest BCUT2D eigenvalue weighted by Gasteiger charge is -2.12. The van der Waals surface area contributed by atoms with Crippen LogP contribution in [0.5, 0.6) is 0 Å². The number of hydrogen-bond donors (Lipinski definition) is 2. The molecular weight excluding hydrogens is 375 g/mol. The number of pyridine rings is 1. The van der Waals surface area contributed by atoms with Crippen LogP contribution < -0.4 is 10.6 Å². The zero-order valence-electron chi connectivity index (χ0n) is 14.6. The summed E-state index contributed by atoms with van der Waals surface area (Å²) in [5, 5.41) is 18.2. The van der Waals surface area contributed by atoms with E-state index >= 15 is 0 Å². The standard InChI is InChI=1S/C17H14F3N7O/c1-9(28)8-27-25-16(24-26-27)11-3-2-4-12-14(11)21-7-10-5-6-13(17(18,19)20)23-15(10)22-12/h2-6,21H,7-8H2,1H3,(H,22,23). The molecule has 2 aromatic heterocycles. The fourth-order valence-corrected chi connectivity index (χ4v) is 2.86. The van der Waals surface area contributed by atoms with Crippen molar-refractivity contribution >= 4 is 23.0 Å². The number of carbonyl (C=O) groups is 1. The van der Waals surface area contributed by atoms with Crippen LogP contribution in [0.3, 0.4) is 0 Å². The summed E-state index contributed by atoms with van der Waals surface area (Å²) in [6.45, 7) is 1.69. The molecule has 0 unspecified atom stereocenters. The van der Waals surface area contributed by atoms with E-state index in [-0.39, 0.29) is 24.7 Å². The Labute approximate surface area is 156 Å². The summed E-state index contributed by atoms with van der Waals surface area (Å²) >= 11 is 0. The molecule has 3 aromatic rings. The normalized spacial score (nSPS) is 13.0. The lowest BCUT2D eigenvalue weighted by atomic mass is 10.1. The fraction of sp³-hybridized carbons (Fsp3) is 0.235. The van der Waals surface area contributed by atoms with Crippen molar-refractivity contribution in [1.82, 2.24) is 25.2 Å². The van der Waals surface area contributed by atoms with Gasteiger partial charge in [-0.05, 0) is 30.3 Å². The highest BCUT2D eigenvalue weighted by Crippen LogP contribution is 2.38. The summed E-state index contributed by atoms with van der Waals surface area (Å²) in [5.41, 5.74) is 1.36. The van der Waals surface area contributed by atoms with Gasteiger partial charge in [-0.15, -0.1) is 10.2 Å². The third-order valence-electron chi connectivity index (χ3n) is 4.10. The predicted molar refractivity (Wildman–Crippen MR) is 93.8 cm³/mol. The molecule has 144 valence electrons. The van der Waals surface area contributed by atoms with Crippen LogP contribution in [-0.4, -0.2) is 31.0 Å². The molecule has 1 aromatic carbocycles. The first kappa shape index (κ1) is 17.9. The second-order valence-corrected chi connectivity index (χ2v) is 6.25. The number of rotatable bonds is 3. The van der Waals surface area contributed by atoms with Gasteiger partial charge in [-0.25, -0.2) is 4.98 Å². The number of ketones is 1. The number of carbonyl (C=O) groups excluding carboxylic acids is 1. The van der Waals surface area contributed by atoms with Crippen molar-refractivity contribution in [3.05, 3.63) is 41.6 Å². The van der Waals surface area contributed by atoms with Gasteiger partial charge in [0, 0.05) is 17.7 Å². The van der Waals surface area contributed by atoms with Crippen molar-refractivity contribution in [1.29, 1.82) is 0 Å². The monoisotopic (exact) mass is 389 g/mol. The molecule has 1 aliphatic heterocycles. The number of tetrazole rings is 1. The van der Waals surface area contributed by atoms with E-state index in [2.05, 4.69) is 31.0 Å². The number of fused-ring (bicyclic) bond motifs is 2. The highest BCUT2D eigenvalue weighted by molar-refractivity contribution is 5.88. The number of hydrogen-bond acceptors (Lipinski definition) is 7. The van der Waals surface area contributed by atoms with Gasteiger partial charge in [-0.1, -0.05) is 12.1 Å². The molecule has 0 saturated carbocycles. The predicted octanol–water partition coefficient (Wildman–Crippen LogP) is 3.01. The molecule has 0 spiro atoms. The molecule has 0 bridgehead atoms. The van der Waals surface area contributed by atoms with Crippen molar-refractivity contribution in [2.24, 2.45) is 0 Å². The molecule has 11 heteroatoms. The van der Waals surface area contributed by atoms with Gasteiger partial charge in [0.05, 0.1) is 11.4 Å².